The van der Waals surface area contributed by atoms with Crippen molar-refractivity contribution in [1.29, 1.82) is 0 Å². The zero-order valence-electron chi connectivity index (χ0n) is 27.4. The van der Waals surface area contributed by atoms with Crippen molar-refractivity contribution in [1.82, 2.24) is 19.9 Å². The summed E-state index contributed by atoms with van der Waals surface area (Å²) in [6, 6.07) is 37.8. The normalized spacial score (nSPS) is 10.1. The maximum Gasteiger partial charge on any atom is 0.292 e. The third-order valence-electron chi connectivity index (χ3n) is 7.01. The summed E-state index contributed by atoms with van der Waals surface area (Å²) in [5, 5.41) is 18.9. The quantitative estimate of drug-likeness (QED) is 0.0861. The second-order valence-electron chi connectivity index (χ2n) is 10.6. The van der Waals surface area contributed by atoms with Crippen LogP contribution in [0.1, 0.15) is 29.7 Å². The molecule has 0 radical (unpaired) electrons. The predicted octanol–water partition coefficient (Wildman–Crippen LogP) is 6.86. The van der Waals surface area contributed by atoms with E-state index in [0.717, 1.165) is 34.2 Å². The van der Waals surface area contributed by atoms with Gasteiger partial charge in [-0.05, 0) is 73.7 Å². The van der Waals surface area contributed by atoms with E-state index in [2.05, 4.69) is 24.8 Å². The topological polar surface area (TPSA) is 147 Å². The SMILES string of the molecule is CCO.Nc1ccccc1N(Cc1ccccn1)Cc1ccccn1.O=[N+]([O-])c1ccccc1N(Cc1ccccn1)Cc1ccccn1. The Morgan fingerprint density at radius 1 is 0.571 bits per heavy atom. The van der Waals surface area contributed by atoms with Crippen LogP contribution < -0.4 is 15.5 Å². The van der Waals surface area contributed by atoms with Crippen molar-refractivity contribution in [2.75, 3.05) is 22.1 Å². The lowest BCUT2D eigenvalue weighted by molar-refractivity contribution is -0.384. The van der Waals surface area contributed by atoms with Crippen LogP contribution in [0, 0.1) is 10.1 Å². The van der Waals surface area contributed by atoms with Gasteiger partial charge in [-0.2, -0.15) is 0 Å². The summed E-state index contributed by atoms with van der Waals surface area (Å²) in [5.74, 6) is 0. The first-order valence-electron chi connectivity index (χ1n) is 15.8. The average molecular weight is 657 g/mol. The molecule has 0 spiro atoms. The fourth-order valence-corrected chi connectivity index (χ4v) is 4.86. The summed E-state index contributed by atoms with van der Waals surface area (Å²) < 4.78 is 0. The fraction of sp³-hybridized carbons (Fsp3) is 0.158. The van der Waals surface area contributed by atoms with E-state index < -0.39 is 0 Å². The van der Waals surface area contributed by atoms with Gasteiger partial charge in [0.2, 0.25) is 0 Å². The number of nitrogen functional groups attached to an aromatic ring is 1. The maximum atomic E-state index is 11.4. The number of nitrogens with zero attached hydrogens (tertiary/aromatic N) is 7. The number of hydrogen-bond acceptors (Lipinski definition) is 10. The number of para-hydroxylation sites is 4. The van der Waals surface area contributed by atoms with Gasteiger partial charge in [-0.25, -0.2) is 0 Å². The minimum atomic E-state index is -0.362. The number of hydrogen-bond donors (Lipinski definition) is 2. The molecule has 0 atom stereocenters. The second-order valence-corrected chi connectivity index (χ2v) is 10.6. The van der Waals surface area contributed by atoms with Crippen molar-refractivity contribution < 1.29 is 10.0 Å². The standard InChI is InChI=1S/C18H16N4O2.C18H18N4.C2H6O/c23-22(24)18-10-2-1-9-17(18)21(13-15-7-3-5-11-19-15)14-16-8-4-6-12-20-16;19-17-9-1-2-10-18(17)22(13-15-7-3-5-11-20-15)14-16-8-4-6-12-21-16;1-2-3/h1-12H,13-14H2;1-12H,13-14,19H2;3H,2H2,1H3. The highest BCUT2D eigenvalue weighted by Crippen LogP contribution is 2.30. The largest absolute Gasteiger partial charge is 0.397 e. The Morgan fingerprint density at radius 3 is 1.24 bits per heavy atom. The number of pyridine rings is 4. The third kappa shape index (κ3) is 11.5. The van der Waals surface area contributed by atoms with Crippen LogP contribution in [0.3, 0.4) is 0 Å². The lowest BCUT2D eigenvalue weighted by Gasteiger charge is -2.25. The van der Waals surface area contributed by atoms with Gasteiger partial charge in [-0.1, -0.05) is 48.5 Å². The monoisotopic (exact) mass is 656 g/mol. The first-order valence-corrected chi connectivity index (χ1v) is 15.8. The van der Waals surface area contributed by atoms with Gasteiger partial charge in [0.25, 0.3) is 5.69 Å². The van der Waals surface area contributed by atoms with Gasteiger partial charge >= 0.3 is 0 Å². The number of nitro benzene ring substituents is 1. The molecule has 0 fully saturated rings. The third-order valence-corrected chi connectivity index (χ3v) is 7.01. The molecule has 250 valence electrons. The minimum Gasteiger partial charge on any atom is -0.397 e. The molecule has 0 bridgehead atoms. The number of aliphatic hydroxyl groups excluding tert-OH is 1. The van der Waals surface area contributed by atoms with Gasteiger partial charge in [0.1, 0.15) is 5.69 Å². The number of nitrogens with two attached hydrogens (primary N) is 1. The zero-order valence-corrected chi connectivity index (χ0v) is 27.4. The Morgan fingerprint density at radius 2 is 0.898 bits per heavy atom. The second kappa shape index (κ2) is 19.5. The molecule has 0 saturated carbocycles. The average Bonchev–Trinajstić information content (AvgIpc) is 3.14. The molecule has 0 aliphatic heterocycles. The molecule has 0 saturated heterocycles. The molecule has 0 aliphatic carbocycles. The highest BCUT2D eigenvalue weighted by Gasteiger charge is 2.20. The predicted molar refractivity (Wildman–Crippen MR) is 193 cm³/mol. The highest BCUT2D eigenvalue weighted by molar-refractivity contribution is 5.67. The Balaban J connectivity index is 0.000000205. The lowest BCUT2D eigenvalue weighted by atomic mass is 10.2. The number of aromatic nitrogens is 4. The van der Waals surface area contributed by atoms with Crippen LogP contribution in [0.25, 0.3) is 0 Å². The lowest BCUT2D eigenvalue weighted by Crippen LogP contribution is -2.24. The van der Waals surface area contributed by atoms with Gasteiger partial charge in [0.05, 0.1) is 65.3 Å². The van der Waals surface area contributed by atoms with Crippen LogP contribution >= 0.6 is 0 Å². The fourth-order valence-electron chi connectivity index (χ4n) is 4.86. The first kappa shape index (κ1) is 35.7. The number of anilines is 3. The number of nitro groups is 1. The molecule has 0 amide bonds. The molecule has 3 N–H and O–H groups in total. The molecule has 0 aliphatic rings. The molecular formula is C38H40N8O3. The number of benzene rings is 2. The minimum absolute atomic E-state index is 0.0735. The van der Waals surface area contributed by atoms with Crippen molar-refractivity contribution in [3.8, 4) is 0 Å². The number of aliphatic hydroxyl groups is 1. The van der Waals surface area contributed by atoms with Gasteiger partial charge in [0, 0.05) is 37.5 Å². The van der Waals surface area contributed by atoms with Gasteiger partial charge in [-0.15, -0.1) is 0 Å². The molecule has 49 heavy (non-hydrogen) atoms. The van der Waals surface area contributed by atoms with E-state index in [0.29, 0.717) is 31.9 Å². The molecule has 4 heterocycles. The first-order chi connectivity index (χ1) is 24.0. The van der Waals surface area contributed by atoms with Crippen molar-refractivity contribution in [3.63, 3.8) is 0 Å². The van der Waals surface area contributed by atoms with Gasteiger partial charge in [0.15, 0.2) is 0 Å². The summed E-state index contributed by atoms with van der Waals surface area (Å²) in [7, 11) is 0. The Labute approximate surface area is 286 Å². The zero-order chi connectivity index (χ0) is 34.7. The number of rotatable bonds is 11. The summed E-state index contributed by atoms with van der Waals surface area (Å²) >= 11 is 0. The van der Waals surface area contributed by atoms with Crippen LogP contribution in [0.5, 0.6) is 0 Å². The van der Waals surface area contributed by atoms with E-state index in [9.17, 15) is 10.1 Å². The summed E-state index contributed by atoms with van der Waals surface area (Å²) in [5.41, 5.74) is 12.2. The molecule has 4 aromatic heterocycles. The molecule has 6 rings (SSSR count). The van der Waals surface area contributed by atoms with Crippen molar-refractivity contribution in [3.05, 3.63) is 179 Å². The van der Waals surface area contributed by atoms with Crippen molar-refractivity contribution in [2.45, 2.75) is 33.1 Å². The van der Waals surface area contributed by atoms with Crippen LogP contribution in [-0.2, 0) is 26.2 Å². The molecule has 6 aromatic rings. The van der Waals surface area contributed by atoms with Crippen LogP contribution in [0.4, 0.5) is 22.7 Å². The Kier molecular flexibility index (Phi) is 14.2. The van der Waals surface area contributed by atoms with Crippen LogP contribution in [-0.4, -0.2) is 36.6 Å². The molecule has 11 nitrogen and oxygen atoms in total. The maximum absolute atomic E-state index is 11.4. The van der Waals surface area contributed by atoms with Crippen molar-refractivity contribution >= 4 is 22.7 Å². The van der Waals surface area contributed by atoms with Crippen LogP contribution in [0.15, 0.2) is 146 Å². The smallest absolute Gasteiger partial charge is 0.292 e. The Hall–Kier alpha value is -6.20. The summed E-state index contributed by atoms with van der Waals surface area (Å²) in [6.07, 6.45) is 7.05. The van der Waals surface area contributed by atoms with Crippen LogP contribution in [0.2, 0.25) is 0 Å². The summed E-state index contributed by atoms with van der Waals surface area (Å²) in [4.78, 5) is 32.6. The molecule has 11 heteroatoms. The molecular weight excluding hydrogens is 616 g/mol. The van der Waals surface area contributed by atoms with E-state index in [1.54, 1.807) is 37.5 Å². The van der Waals surface area contributed by atoms with Gasteiger partial charge < -0.3 is 20.6 Å². The van der Waals surface area contributed by atoms with E-state index in [-0.39, 0.29) is 17.2 Å². The molecule has 0 unspecified atom stereocenters. The van der Waals surface area contributed by atoms with E-state index >= 15 is 0 Å². The van der Waals surface area contributed by atoms with E-state index in [1.807, 2.05) is 114 Å². The highest BCUT2D eigenvalue weighted by atomic mass is 16.6. The Bertz CT molecular complexity index is 1730. The van der Waals surface area contributed by atoms with E-state index in [1.165, 1.54) is 6.07 Å². The van der Waals surface area contributed by atoms with Gasteiger partial charge in [-0.3, -0.25) is 30.1 Å². The van der Waals surface area contributed by atoms with Crippen molar-refractivity contribution in [2.24, 2.45) is 0 Å². The summed E-state index contributed by atoms with van der Waals surface area (Å²) in [6.45, 7) is 4.22. The van der Waals surface area contributed by atoms with E-state index in [4.69, 9.17) is 10.8 Å². The molecule has 2 aromatic carbocycles.